The van der Waals surface area contributed by atoms with Crippen LogP contribution < -0.4 is 20.1 Å². The van der Waals surface area contributed by atoms with Gasteiger partial charge in [-0.05, 0) is 49.6 Å². The molecule has 2 atom stereocenters. The first-order valence-electron chi connectivity index (χ1n) is 11.7. The van der Waals surface area contributed by atoms with Crippen LogP contribution in [-0.2, 0) is 12.1 Å². The third kappa shape index (κ3) is 5.44. The molecule has 1 aromatic heterocycles. The molecule has 3 aromatic rings. The van der Waals surface area contributed by atoms with Crippen LogP contribution in [0.15, 0.2) is 58.9 Å². The molecule has 2 unspecified atom stereocenters. The van der Waals surface area contributed by atoms with E-state index < -0.39 is 5.54 Å². The molecule has 2 N–H and O–H groups in total. The molecule has 0 saturated heterocycles. The Hall–Kier alpha value is -3.24. The summed E-state index contributed by atoms with van der Waals surface area (Å²) in [7, 11) is 5.21. The van der Waals surface area contributed by atoms with Gasteiger partial charge in [0.25, 0.3) is 5.91 Å². The number of guanidine groups is 1. The molecule has 0 radical (unpaired) electrons. The SMILES string of the molecule is CCC1SN(C)C(NC(=O)c2ccccc2)=NC1(C)c1nc(NCc2ccc(OC)cc2OC)cs1. The fourth-order valence-electron chi connectivity index (χ4n) is 4.00. The van der Waals surface area contributed by atoms with Gasteiger partial charge in [0.15, 0.2) is 0 Å². The zero-order chi connectivity index (χ0) is 25.7. The van der Waals surface area contributed by atoms with Crippen molar-refractivity contribution in [1.29, 1.82) is 0 Å². The van der Waals surface area contributed by atoms with E-state index in [4.69, 9.17) is 19.5 Å². The average Bonchev–Trinajstić information content (AvgIpc) is 3.39. The van der Waals surface area contributed by atoms with E-state index in [0.29, 0.717) is 18.1 Å². The van der Waals surface area contributed by atoms with Gasteiger partial charge in [-0.25, -0.2) is 9.98 Å². The van der Waals surface area contributed by atoms with Crippen LogP contribution in [0.4, 0.5) is 5.82 Å². The van der Waals surface area contributed by atoms with Crippen molar-refractivity contribution in [2.24, 2.45) is 4.99 Å². The molecule has 0 aliphatic carbocycles. The third-order valence-corrected chi connectivity index (χ3v) is 8.68. The molecule has 8 nitrogen and oxygen atoms in total. The van der Waals surface area contributed by atoms with Gasteiger partial charge in [-0.1, -0.05) is 25.1 Å². The number of benzene rings is 2. The first-order chi connectivity index (χ1) is 17.4. The maximum absolute atomic E-state index is 12.8. The number of anilines is 1. The summed E-state index contributed by atoms with van der Waals surface area (Å²) in [6.07, 6.45) is 0.903. The van der Waals surface area contributed by atoms with Crippen molar-refractivity contribution in [3.8, 4) is 11.5 Å². The molecule has 0 fully saturated rings. The van der Waals surface area contributed by atoms with Crippen LogP contribution in [0.3, 0.4) is 0 Å². The van der Waals surface area contributed by atoms with E-state index >= 15 is 0 Å². The highest BCUT2D eigenvalue weighted by Crippen LogP contribution is 2.44. The topological polar surface area (TPSA) is 88.1 Å². The molecule has 0 saturated carbocycles. The maximum atomic E-state index is 12.8. The number of nitrogens with one attached hydrogen (secondary N) is 2. The lowest BCUT2D eigenvalue weighted by atomic mass is 9.97. The van der Waals surface area contributed by atoms with Crippen LogP contribution in [0.2, 0.25) is 0 Å². The second-order valence-corrected chi connectivity index (χ2v) is 10.7. The number of hydrogen-bond donors (Lipinski definition) is 2. The van der Waals surface area contributed by atoms with Gasteiger partial charge in [-0.15, -0.1) is 11.3 Å². The van der Waals surface area contributed by atoms with Crippen LogP contribution in [0.1, 0.15) is 41.2 Å². The van der Waals surface area contributed by atoms with Gasteiger partial charge in [-0.3, -0.25) is 14.4 Å². The van der Waals surface area contributed by atoms with Crippen molar-refractivity contribution in [1.82, 2.24) is 14.6 Å². The first kappa shape index (κ1) is 25.8. The summed E-state index contributed by atoms with van der Waals surface area (Å²) < 4.78 is 12.7. The van der Waals surface area contributed by atoms with Crippen molar-refractivity contribution < 1.29 is 14.3 Å². The van der Waals surface area contributed by atoms with E-state index in [1.54, 1.807) is 49.6 Å². The van der Waals surface area contributed by atoms with E-state index in [1.165, 1.54) is 0 Å². The van der Waals surface area contributed by atoms with Crippen molar-refractivity contribution in [3.05, 3.63) is 70.0 Å². The molecule has 4 rings (SSSR count). The van der Waals surface area contributed by atoms with Gasteiger partial charge in [-0.2, -0.15) is 0 Å². The zero-order valence-electron chi connectivity index (χ0n) is 21.1. The minimum Gasteiger partial charge on any atom is -0.497 e. The number of aromatic nitrogens is 1. The number of methoxy groups -OCH3 is 2. The van der Waals surface area contributed by atoms with Crippen LogP contribution in [-0.4, -0.2) is 47.7 Å². The summed E-state index contributed by atoms with van der Waals surface area (Å²) in [5.74, 6) is 2.61. The molecule has 10 heteroatoms. The largest absolute Gasteiger partial charge is 0.497 e. The average molecular weight is 526 g/mol. The summed E-state index contributed by atoms with van der Waals surface area (Å²) in [6, 6.07) is 14.9. The predicted octanol–water partition coefficient (Wildman–Crippen LogP) is 5.15. The van der Waals surface area contributed by atoms with E-state index in [0.717, 1.165) is 34.3 Å². The Balaban J connectivity index is 1.54. The van der Waals surface area contributed by atoms with Crippen LogP contribution in [0, 0.1) is 0 Å². The van der Waals surface area contributed by atoms with Gasteiger partial charge in [0.2, 0.25) is 5.96 Å². The molecule has 2 aromatic carbocycles. The fourth-order valence-corrected chi connectivity index (χ4v) is 6.10. The number of ether oxygens (including phenoxy) is 2. The standard InChI is InChI=1S/C26H31N5O3S2/c1-6-21-26(2,30-25(31(3)36-21)29-23(32)17-10-8-7-9-11-17)24-28-22(16-35-24)27-15-18-12-13-19(33-4)14-20(18)34-5/h7-14,16,21,27H,6,15H2,1-5H3,(H,29,30,32). The number of hydrogen-bond acceptors (Lipinski definition) is 9. The molecule has 0 bridgehead atoms. The molecule has 1 aliphatic heterocycles. The molecule has 190 valence electrons. The summed E-state index contributed by atoms with van der Waals surface area (Å²) in [5.41, 5.74) is 1.00. The Kier molecular flexibility index (Phi) is 8.05. The number of carbonyl (C=O) groups excluding carboxylic acids is 1. The van der Waals surface area contributed by atoms with Gasteiger partial charge < -0.3 is 14.8 Å². The van der Waals surface area contributed by atoms with Crippen molar-refractivity contribution in [2.75, 3.05) is 26.6 Å². The Morgan fingerprint density at radius 1 is 1.17 bits per heavy atom. The molecule has 0 spiro atoms. The Morgan fingerprint density at radius 3 is 2.64 bits per heavy atom. The second kappa shape index (κ2) is 11.2. The van der Waals surface area contributed by atoms with Gasteiger partial charge in [0.1, 0.15) is 27.9 Å². The van der Waals surface area contributed by atoms with Crippen LogP contribution in [0.5, 0.6) is 11.5 Å². The van der Waals surface area contributed by atoms with E-state index in [2.05, 4.69) is 24.5 Å². The van der Waals surface area contributed by atoms with Gasteiger partial charge in [0.05, 0.1) is 19.5 Å². The van der Waals surface area contributed by atoms with Crippen LogP contribution >= 0.6 is 23.3 Å². The number of aliphatic imine (C=N–C) groups is 1. The smallest absolute Gasteiger partial charge is 0.257 e. The molecular formula is C26H31N5O3S2. The number of nitrogens with zero attached hydrogens (tertiary/aromatic N) is 3. The predicted molar refractivity (Wildman–Crippen MR) is 147 cm³/mol. The van der Waals surface area contributed by atoms with Gasteiger partial charge in [0, 0.05) is 36.2 Å². The Morgan fingerprint density at radius 2 is 1.94 bits per heavy atom. The van der Waals surface area contributed by atoms with Gasteiger partial charge >= 0.3 is 0 Å². The summed E-state index contributed by atoms with van der Waals surface area (Å²) in [6.45, 7) is 4.80. The first-order valence-corrected chi connectivity index (χ1v) is 13.4. The molecule has 1 aliphatic rings. The number of thiazole rings is 1. The lowest BCUT2D eigenvalue weighted by Gasteiger charge is -2.40. The number of amides is 1. The van der Waals surface area contributed by atoms with Crippen molar-refractivity contribution in [2.45, 2.75) is 37.6 Å². The summed E-state index contributed by atoms with van der Waals surface area (Å²) in [4.78, 5) is 22.7. The maximum Gasteiger partial charge on any atom is 0.257 e. The summed E-state index contributed by atoms with van der Waals surface area (Å²) >= 11 is 3.23. The van der Waals surface area contributed by atoms with Crippen molar-refractivity contribution >= 4 is 41.0 Å². The highest BCUT2D eigenvalue weighted by atomic mass is 32.2. The molecule has 2 heterocycles. The lowest BCUT2D eigenvalue weighted by Crippen LogP contribution is -2.49. The zero-order valence-corrected chi connectivity index (χ0v) is 22.7. The van der Waals surface area contributed by atoms with E-state index in [9.17, 15) is 4.79 Å². The van der Waals surface area contributed by atoms with Crippen molar-refractivity contribution in [3.63, 3.8) is 0 Å². The fraction of sp³-hybridized carbons (Fsp3) is 0.346. The quantitative estimate of drug-likeness (QED) is 0.394. The highest BCUT2D eigenvalue weighted by Gasteiger charge is 2.43. The van der Waals surface area contributed by atoms with E-state index in [-0.39, 0.29) is 11.2 Å². The molecule has 1 amide bonds. The molecular weight excluding hydrogens is 494 g/mol. The second-order valence-electron chi connectivity index (χ2n) is 8.47. The number of carbonyl (C=O) groups is 1. The Labute approximate surface area is 220 Å². The minimum atomic E-state index is -0.590. The van der Waals surface area contributed by atoms with Crippen LogP contribution in [0.25, 0.3) is 0 Å². The Bertz CT molecular complexity index is 1230. The van der Waals surface area contributed by atoms with E-state index in [1.807, 2.05) is 53.1 Å². The lowest BCUT2D eigenvalue weighted by molar-refractivity contribution is 0.0974. The molecule has 36 heavy (non-hydrogen) atoms. The normalized spacial score (nSPS) is 19.4. The third-order valence-electron chi connectivity index (χ3n) is 6.07. The monoisotopic (exact) mass is 525 g/mol. The minimum absolute atomic E-state index is 0.167. The highest BCUT2D eigenvalue weighted by molar-refractivity contribution is 7.98. The summed E-state index contributed by atoms with van der Waals surface area (Å²) in [5, 5.41) is 9.45. The number of rotatable bonds is 8.